The third-order valence-corrected chi connectivity index (χ3v) is 5.74. The Hall–Kier alpha value is -2.97. The standard InChI is InChI=1S/C22H24BFN4O2/c1-13-4-3-5-18(24)19(13)14-6-7-17-15(10-14)11-26-21(25)20(17)22(29)27-16-8-9-28(12-16)23(2)30/h3-7,10-11,16,30H,8-9,12H2,1-2H3,(H2,25,26)(H,27,29)/t16-/m0/s1. The predicted molar refractivity (Wildman–Crippen MR) is 118 cm³/mol. The first kappa shape index (κ1) is 20.3. The van der Waals surface area contributed by atoms with E-state index in [0.29, 0.717) is 28.4 Å². The molecule has 1 fully saturated rings. The van der Waals surface area contributed by atoms with E-state index in [-0.39, 0.29) is 23.6 Å². The Bertz CT molecular complexity index is 1100. The molecule has 1 aliphatic rings. The lowest BCUT2D eigenvalue weighted by molar-refractivity contribution is 0.0941. The molecule has 1 aromatic heterocycles. The summed E-state index contributed by atoms with van der Waals surface area (Å²) in [6.45, 7) is 4.88. The summed E-state index contributed by atoms with van der Waals surface area (Å²) in [7, 11) is -0.545. The van der Waals surface area contributed by atoms with Gasteiger partial charge in [-0.25, -0.2) is 9.37 Å². The number of nitrogens with zero attached hydrogens (tertiary/aromatic N) is 2. The van der Waals surface area contributed by atoms with E-state index in [1.165, 1.54) is 6.07 Å². The first-order chi connectivity index (χ1) is 14.3. The van der Waals surface area contributed by atoms with E-state index in [1.54, 1.807) is 31.2 Å². The molecule has 1 aliphatic heterocycles. The Kier molecular flexibility index (Phi) is 5.45. The van der Waals surface area contributed by atoms with Crippen LogP contribution in [0.15, 0.2) is 42.6 Å². The molecule has 0 aliphatic carbocycles. The number of nitrogen functional groups attached to an aromatic ring is 1. The smallest absolute Gasteiger partial charge is 0.376 e. The number of nitrogens with two attached hydrogens (primary N) is 1. The number of fused-ring (bicyclic) bond motifs is 1. The van der Waals surface area contributed by atoms with Crippen molar-refractivity contribution >= 4 is 29.5 Å². The summed E-state index contributed by atoms with van der Waals surface area (Å²) in [4.78, 5) is 19.1. The van der Waals surface area contributed by atoms with Gasteiger partial charge in [-0.3, -0.25) is 4.79 Å². The van der Waals surface area contributed by atoms with Crippen LogP contribution in [0.4, 0.5) is 10.2 Å². The van der Waals surface area contributed by atoms with Crippen LogP contribution in [0.2, 0.25) is 6.82 Å². The number of amides is 1. The molecule has 30 heavy (non-hydrogen) atoms. The van der Waals surface area contributed by atoms with Gasteiger partial charge in [-0.15, -0.1) is 0 Å². The summed E-state index contributed by atoms with van der Waals surface area (Å²) < 4.78 is 14.4. The lowest BCUT2D eigenvalue weighted by atomic mass is 9.86. The number of benzene rings is 2. The lowest BCUT2D eigenvalue weighted by Gasteiger charge is -2.18. The number of aryl methyl sites for hydroxylation is 1. The second-order valence-corrected chi connectivity index (χ2v) is 7.84. The number of carbonyl (C=O) groups excluding carboxylic acids is 1. The summed E-state index contributed by atoms with van der Waals surface area (Å²) in [5.74, 6) is -0.433. The van der Waals surface area contributed by atoms with E-state index in [0.717, 1.165) is 24.1 Å². The van der Waals surface area contributed by atoms with E-state index in [2.05, 4.69) is 10.3 Å². The molecule has 4 rings (SSSR count). The highest BCUT2D eigenvalue weighted by molar-refractivity contribution is 6.45. The van der Waals surface area contributed by atoms with Gasteiger partial charge in [0.1, 0.15) is 11.6 Å². The third kappa shape index (κ3) is 3.76. The predicted octanol–water partition coefficient (Wildman–Crippen LogP) is 2.85. The highest BCUT2D eigenvalue weighted by Gasteiger charge is 2.29. The van der Waals surface area contributed by atoms with E-state index < -0.39 is 7.05 Å². The fourth-order valence-corrected chi connectivity index (χ4v) is 4.13. The fourth-order valence-electron chi connectivity index (χ4n) is 4.13. The third-order valence-electron chi connectivity index (χ3n) is 5.74. The van der Waals surface area contributed by atoms with E-state index in [4.69, 9.17) is 5.73 Å². The van der Waals surface area contributed by atoms with Gasteiger partial charge < -0.3 is 20.9 Å². The Balaban J connectivity index is 1.67. The molecule has 4 N–H and O–H groups in total. The summed E-state index contributed by atoms with van der Waals surface area (Å²) in [5.41, 5.74) is 8.46. The zero-order valence-corrected chi connectivity index (χ0v) is 17.0. The molecule has 1 saturated heterocycles. The zero-order chi connectivity index (χ0) is 21.4. The maximum absolute atomic E-state index is 14.4. The molecule has 2 heterocycles. The van der Waals surface area contributed by atoms with Gasteiger partial charge in [-0.05, 0) is 55.4 Å². The average molecular weight is 406 g/mol. The highest BCUT2D eigenvalue weighted by atomic mass is 19.1. The maximum Gasteiger partial charge on any atom is 0.376 e. The number of pyridine rings is 1. The van der Waals surface area contributed by atoms with Crippen LogP contribution in [0.3, 0.4) is 0 Å². The zero-order valence-electron chi connectivity index (χ0n) is 17.0. The van der Waals surface area contributed by atoms with Crippen LogP contribution < -0.4 is 11.1 Å². The van der Waals surface area contributed by atoms with Gasteiger partial charge in [0, 0.05) is 29.7 Å². The number of halogens is 1. The van der Waals surface area contributed by atoms with E-state index in [9.17, 15) is 14.2 Å². The Morgan fingerprint density at radius 2 is 2.17 bits per heavy atom. The molecular formula is C22H24BFN4O2. The quantitative estimate of drug-likeness (QED) is 0.580. The molecule has 0 bridgehead atoms. The number of nitrogens with one attached hydrogen (secondary N) is 1. The second kappa shape index (κ2) is 8.05. The monoisotopic (exact) mass is 406 g/mol. The Labute approximate surface area is 175 Å². The van der Waals surface area contributed by atoms with Crippen molar-refractivity contribution in [3.8, 4) is 11.1 Å². The van der Waals surface area contributed by atoms with Crippen LogP contribution in [0.1, 0.15) is 22.3 Å². The highest BCUT2D eigenvalue weighted by Crippen LogP contribution is 2.31. The molecular weight excluding hydrogens is 382 g/mol. The molecule has 154 valence electrons. The molecule has 0 radical (unpaired) electrons. The van der Waals surface area contributed by atoms with Crippen LogP contribution in [0.25, 0.3) is 21.9 Å². The van der Waals surface area contributed by atoms with Crippen LogP contribution in [0, 0.1) is 12.7 Å². The lowest BCUT2D eigenvalue weighted by Crippen LogP contribution is -2.41. The number of carbonyl (C=O) groups is 1. The largest absolute Gasteiger partial charge is 0.437 e. The minimum absolute atomic E-state index is 0.0675. The number of hydrogen-bond donors (Lipinski definition) is 3. The number of aromatic nitrogens is 1. The maximum atomic E-state index is 14.4. The molecule has 2 aromatic carbocycles. The van der Waals surface area contributed by atoms with Crippen molar-refractivity contribution in [3.63, 3.8) is 0 Å². The molecule has 8 heteroatoms. The molecule has 3 aromatic rings. The van der Waals surface area contributed by atoms with Crippen LogP contribution in [0.5, 0.6) is 0 Å². The Morgan fingerprint density at radius 3 is 2.87 bits per heavy atom. The molecule has 0 saturated carbocycles. The summed E-state index contributed by atoms with van der Waals surface area (Å²) in [5, 5.41) is 14.1. The Morgan fingerprint density at radius 1 is 1.37 bits per heavy atom. The van der Waals surface area contributed by atoms with Crippen molar-refractivity contribution in [3.05, 3.63) is 59.5 Å². The summed E-state index contributed by atoms with van der Waals surface area (Å²) in [6, 6.07) is 10.3. The molecule has 0 unspecified atom stereocenters. The van der Waals surface area contributed by atoms with E-state index >= 15 is 0 Å². The van der Waals surface area contributed by atoms with Crippen LogP contribution >= 0.6 is 0 Å². The van der Waals surface area contributed by atoms with Crippen LogP contribution in [-0.4, -0.2) is 46.9 Å². The molecule has 6 nitrogen and oxygen atoms in total. The van der Waals surface area contributed by atoms with Crippen molar-refractivity contribution in [1.82, 2.24) is 15.1 Å². The van der Waals surface area contributed by atoms with Gasteiger partial charge in [-0.1, -0.05) is 24.3 Å². The first-order valence-corrected chi connectivity index (χ1v) is 10.0. The fraction of sp³-hybridized carbons (Fsp3) is 0.273. The van der Waals surface area contributed by atoms with Gasteiger partial charge in [0.2, 0.25) is 0 Å². The van der Waals surface area contributed by atoms with Gasteiger partial charge >= 0.3 is 7.05 Å². The van der Waals surface area contributed by atoms with Crippen molar-refractivity contribution in [2.45, 2.75) is 26.2 Å². The van der Waals surface area contributed by atoms with Gasteiger partial charge in [-0.2, -0.15) is 0 Å². The summed E-state index contributed by atoms with van der Waals surface area (Å²) in [6.07, 6.45) is 2.36. The van der Waals surface area contributed by atoms with E-state index in [1.807, 2.05) is 23.9 Å². The van der Waals surface area contributed by atoms with Gasteiger partial charge in [0.25, 0.3) is 5.91 Å². The molecule has 1 amide bonds. The van der Waals surface area contributed by atoms with Gasteiger partial charge in [0.15, 0.2) is 0 Å². The summed E-state index contributed by atoms with van der Waals surface area (Å²) >= 11 is 0. The minimum atomic E-state index is -0.545. The molecule has 1 atom stereocenters. The van der Waals surface area contributed by atoms with Crippen molar-refractivity contribution in [2.75, 3.05) is 18.8 Å². The minimum Gasteiger partial charge on any atom is -0.437 e. The number of anilines is 1. The number of hydrogen-bond acceptors (Lipinski definition) is 5. The average Bonchev–Trinajstić information content (AvgIpc) is 3.16. The van der Waals surface area contributed by atoms with Gasteiger partial charge in [0.05, 0.1) is 5.56 Å². The van der Waals surface area contributed by atoms with Crippen molar-refractivity contribution in [2.24, 2.45) is 0 Å². The topological polar surface area (TPSA) is 91.5 Å². The second-order valence-electron chi connectivity index (χ2n) is 7.84. The molecule has 0 spiro atoms. The van der Waals surface area contributed by atoms with Crippen molar-refractivity contribution < 1.29 is 14.2 Å². The van der Waals surface area contributed by atoms with Crippen LogP contribution in [-0.2, 0) is 0 Å². The van der Waals surface area contributed by atoms with Crippen molar-refractivity contribution in [1.29, 1.82) is 0 Å². The normalized spacial score (nSPS) is 16.7. The number of rotatable bonds is 4. The SMILES string of the molecule is CB(O)N1CC[C@H](NC(=O)c2c(N)ncc3cc(-c4c(C)cccc4F)ccc23)C1. The first-order valence-electron chi connectivity index (χ1n) is 10.0.